The van der Waals surface area contributed by atoms with Gasteiger partial charge < -0.3 is 49.5 Å². The Morgan fingerprint density at radius 3 is 0.406 bits per heavy atom. The van der Waals surface area contributed by atoms with Crippen molar-refractivity contribution in [1.82, 2.24) is 0 Å². The van der Waals surface area contributed by atoms with Crippen LogP contribution in [0.4, 0.5) is 0 Å². The maximum atomic E-state index is 10.2. The number of carbonyl (C=O) groups is 5. The summed E-state index contributed by atoms with van der Waals surface area (Å²) in [6.07, 6.45) is 110. The van der Waals surface area contributed by atoms with Crippen LogP contribution in [0, 0.1) is 0 Å². The first-order valence-corrected chi connectivity index (χ1v) is 41.3. The van der Waals surface area contributed by atoms with Gasteiger partial charge in [0.15, 0.2) is 0 Å². The second-order valence-electron chi connectivity index (χ2n) is 26.8. The topological polar surface area (TPSA) is 201 Å². The van der Waals surface area contributed by atoms with Gasteiger partial charge >= 0.3 is 57.1 Å². The molecule has 0 saturated heterocycles. The van der Waals surface area contributed by atoms with E-state index in [1.807, 2.05) is 0 Å². The Labute approximate surface area is 672 Å². The van der Waals surface area contributed by atoms with Gasteiger partial charge in [0.2, 0.25) is 0 Å². The molecule has 0 unspecified atom stereocenters. The van der Waals surface area contributed by atoms with Gasteiger partial charge in [0.25, 0.3) is 0 Å². The number of carboxylic acid groups (broad SMARTS) is 5. The third-order valence-electron chi connectivity index (χ3n) is 16.7. The molecule has 0 rings (SSSR count). The van der Waals surface area contributed by atoms with E-state index in [2.05, 4.69) is 156 Å². The minimum absolute atomic E-state index is 0. The molecule has 0 aliphatic heterocycles. The van der Waals surface area contributed by atoms with Gasteiger partial charge in [-0.3, -0.25) is 0 Å². The minimum atomic E-state index is -0.921. The van der Waals surface area contributed by atoms with E-state index < -0.39 is 29.8 Å². The van der Waals surface area contributed by atoms with Crippen molar-refractivity contribution in [1.29, 1.82) is 0 Å². The van der Waals surface area contributed by atoms with Crippen LogP contribution in [0.2, 0.25) is 0 Å². The van der Waals surface area contributed by atoms with Crippen LogP contribution < -0.4 is 76.9 Å². The van der Waals surface area contributed by atoms with Gasteiger partial charge in [0.05, 0.1) is 0 Å². The molecule has 0 bridgehead atoms. The molecule has 101 heavy (non-hydrogen) atoms. The van der Waals surface area contributed by atoms with Gasteiger partial charge in [-0.2, -0.15) is 0 Å². The molecule has 580 valence electrons. The molecule has 0 aromatic rings. The SMILES string of the molecule is CCCCC/C=C\C/C=C\CCCCCCCC(=O)[O-].CCCCC/C=C\C/C=C\CCCCCCCC(=O)[O-].CCCCC/C=C\C/C=C\CCCCCCCC(=O)[O-].CCCCC/C=C\C/C=C\CCCCCCCC(=O)[O-].CCCCC/C=C\C/C=C\CCCCCCCC(=O)[O-].[H+].[H+].[H+].[H+].[K+]. The van der Waals surface area contributed by atoms with Crippen molar-refractivity contribution in [3.05, 3.63) is 122 Å². The smallest absolute Gasteiger partial charge is 0.550 e. The Balaban J connectivity index is -0.000000133. The Morgan fingerprint density at radius 1 is 0.178 bits per heavy atom. The van der Waals surface area contributed by atoms with E-state index in [4.69, 9.17) is 0 Å². The zero-order valence-corrected chi connectivity index (χ0v) is 69.7. The molecule has 0 heterocycles. The van der Waals surface area contributed by atoms with E-state index in [0.717, 1.165) is 161 Å². The fraction of sp³-hybridized carbons (Fsp3) is 0.722. The van der Waals surface area contributed by atoms with Gasteiger partial charge in [0.1, 0.15) is 0 Å². The van der Waals surface area contributed by atoms with Crippen LogP contribution in [0.1, 0.15) is 426 Å². The molecular formula is C90H159KO10. The number of rotatable bonds is 70. The molecule has 0 radical (unpaired) electrons. The predicted molar refractivity (Wildman–Crippen MR) is 426 cm³/mol. The number of aliphatic carboxylic acids is 5. The molecule has 0 fully saturated rings. The second kappa shape index (κ2) is 105. The summed E-state index contributed by atoms with van der Waals surface area (Å²) >= 11 is 0. The molecule has 0 saturated carbocycles. The summed E-state index contributed by atoms with van der Waals surface area (Å²) in [6.45, 7) is 11.2. The summed E-state index contributed by atoms with van der Waals surface area (Å²) in [6, 6.07) is 0. The van der Waals surface area contributed by atoms with Crippen molar-refractivity contribution in [2.45, 2.75) is 420 Å². The van der Waals surface area contributed by atoms with Crippen LogP contribution in [0.5, 0.6) is 0 Å². The van der Waals surface area contributed by atoms with Crippen molar-refractivity contribution in [2.75, 3.05) is 0 Å². The van der Waals surface area contributed by atoms with Crippen molar-refractivity contribution in [3.63, 3.8) is 0 Å². The number of carboxylic acids is 5. The van der Waals surface area contributed by atoms with Crippen molar-refractivity contribution in [2.24, 2.45) is 0 Å². The summed E-state index contributed by atoms with van der Waals surface area (Å²) < 4.78 is 0. The third-order valence-corrected chi connectivity index (χ3v) is 16.7. The van der Waals surface area contributed by atoms with E-state index in [1.54, 1.807) is 0 Å². The zero-order chi connectivity index (χ0) is 74.5. The average molecular weight is 1440 g/mol. The van der Waals surface area contributed by atoms with Crippen LogP contribution in [-0.4, -0.2) is 29.8 Å². The van der Waals surface area contributed by atoms with E-state index in [1.165, 1.54) is 193 Å². The van der Waals surface area contributed by atoms with E-state index >= 15 is 0 Å². The van der Waals surface area contributed by atoms with Crippen LogP contribution in [-0.2, 0) is 24.0 Å². The Hall–Kier alpha value is -3.61. The summed E-state index contributed by atoms with van der Waals surface area (Å²) in [7, 11) is 0. The fourth-order valence-electron chi connectivity index (χ4n) is 10.4. The molecule has 0 spiro atoms. The summed E-state index contributed by atoms with van der Waals surface area (Å²) in [4.78, 5) is 51.0. The average Bonchev–Trinajstić information content (AvgIpc) is 3.69. The standard InChI is InChI=1S/5C18H32O2.K/c5*1-2-3-4-5-6-7-8-9-10-11-12-13-14-15-16-17-18(19)20;/h5*6-7,9-10H,2-5,8,11-17H2,1H3,(H,19,20);/q;;;;;+1/p-1/b5*7-6-,10-9-;. The molecule has 0 aliphatic rings. The Morgan fingerprint density at radius 2 is 0.287 bits per heavy atom. The van der Waals surface area contributed by atoms with Crippen LogP contribution >= 0.6 is 0 Å². The van der Waals surface area contributed by atoms with E-state index in [-0.39, 0.29) is 89.2 Å². The number of carbonyl (C=O) groups excluding carboxylic acids is 5. The van der Waals surface area contributed by atoms with Gasteiger partial charge in [-0.05, 0) is 225 Å². The summed E-state index contributed by atoms with van der Waals surface area (Å²) in [5.74, 6) is -4.60. The van der Waals surface area contributed by atoms with Gasteiger partial charge in [-0.1, -0.05) is 317 Å². The molecule has 0 aliphatic carbocycles. The minimum Gasteiger partial charge on any atom is -0.550 e. The Bertz CT molecular complexity index is 1690. The van der Waals surface area contributed by atoms with Gasteiger partial charge in [0, 0.05) is 29.8 Å². The Kier molecular flexibility index (Phi) is 113. The first kappa shape index (κ1) is 108. The largest absolute Gasteiger partial charge is 1.00 e. The molecule has 11 heteroatoms. The number of allylic oxidation sites excluding steroid dienone is 20. The maximum absolute atomic E-state index is 10.2. The molecule has 10 nitrogen and oxygen atoms in total. The van der Waals surface area contributed by atoms with Crippen molar-refractivity contribution in [3.8, 4) is 0 Å². The quantitative estimate of drug-likeness (QED) is 0.0320. The molecule has 0 aromatic carbocycles. The number of hydrogen-bond donors (Lipinski definition) is 0. The normalized spacial score (nSPS) is 11.5. The molecule has 0 aromatic heterocycles. The third kappa shape index (κ3) is 130. The fourth-order valence-corrected chi connectivity index (χ4v) is 10.4. The van der Waals surface area contributed by atoms with Crippen molar-refractivity contribution >= 4 is 29.8 Å². The number of unbranched alkanes of at least 4 members (excludes halogenated alkanes) is 40. The monoisotopic (exact) mass is 1440 g/mol. The maximum Gasteiger partial charge on any atom is 1.00 e. The predicted octanol–water partition coefficient (Wildman–Crippen LogP) is 20.2. The molecular weight excluding hydrogens is 1280 g/mol. The van der Waals surface area contributed by atoms with Gasteiger partial charge in [-0.25, -0.2) is 0 Å². The first-order chi connectivity index (χ1) is 48.9. The first-order valence-electron chi connectivity index (χ1n) is 41.3. The van der Waals surface area contributed by atoms with Crippen LogP contribution in [0.3, 0.4) is 0 Å². The molecule has 0 N–H and O–H groups in total. The number of hydrogen-bond acceptors (Lipinski definition) is 10. The summed E-state index contributed by atoms with van der Waals surface area (Å²) in [5, 5.41) is 51.0. The van der Waals surface area contributed by atoms with Crippen molar-refractivity contribution < 1.29 is 107 Å². The summed E-state index contributed by atoms with van der Waals surface area (Å²) in [5.41, 5.74) is 0. The van der Waals surface area contributed by atoms with Gasteiger partial charge in [-0.15, -0.1) is 0 Å². The second-order valence-corrected chi connectivity index (χ2v) is 26.8. The van der Waals surface area contributed by atoms with E-state index in [9.17, 15) is 49.5 Å². The van der Waals surface area contributed by atoms with E-state index in [0.29, 0.717) is 0 Å². The zero-order valence-electron chi connectivity index (χ0n) is 70.6. The molecule has 0 amide bonds. The molecule has 0 atom stereocenters. The van der Waals surface area contributed by atoms with Crippen LogP contribution in [0.25, 0.3) is 0 Å². The van der Waals surface area contributed by atoms with Crippen LogP contribution in [0.15, 0.2) is 122 Å².